The van der Waals surface area contributed by atoms with Crippen LogP contribution in [0.3, 0.4) is 0 Å². The van der Waals surface area contributed by atoms with Crippen LogP contribution < -0.4 is 0 Å². The van der Waals surface area contributed by atoms with Crippen LogP contribution in [0.25, 0.3) is 11.0 Å². The number of para-hydroxylation sites is 2. The minimum absolute atomic E-state index is 0. The van der Waals surface area contributed by atoms with E-state index in [0.29, 0.717) is 0 Å². The van der Waals surface area contributed by atoms with E-state index >= 15 is 0 Å². The van der Waals surface area contributed by atoms with Crippen molar-refractivity contribution in [2.24, 2.45) is 0 Å². The molecule has 11 heavy (non-hydrogen) atoms. The van der Waals surface area contributed by atoms with Crippen molar-refractivity contribution in [2.75, 3.05) is 0 Å². The average molecular weight is 221 g/mol. The summed E-state index contributed by atoms with van der Waals surface area (Å²) in [5, 5.41) is 0. The van der Waals surface area contributed by atoms with Crippen molar-refractivity contribution in [3.8, 4) is 0 Å². The second-order valence-corrected chi connectivity index (χ2v) is 1.87. The molecule has 0 fully saturated rings. The zero-order chi connectivity index (χ0) is 6.10. The maximum absolute atomic E-state index is 3.94. The zero-order valence-electron chi connectivity index (χ0n) is 6.33. The summed E-state index contributed by atoms with van der Waals surface area (Å²) in [4.78, 5) is 6.82. The van der Waals surface area contributed by atoms with E-state index in [1.165, 1.54) is 0 Å². The van der Waals surface area contributed by atoms with Gasteiger partial charge < -0.3 is 17.4 Å². The monoisotopic (exact) mass is 221 g/mol. The van der Waals surface area contributed by atoms with Gasteiger partial charge in [-0.05, 0) is 6.33 Å². The van der Waals surface area contributed by atoms with Gasteiger partial charge in [0.1, 0.15) is 0 Å². The molecule has 0 atom stereocenters. The molecule has 55 valence electrons. The summed E-state index contributed by atoms with van der Waals surface area (Å²) in [5.41, 5.74) is 2.01. The van der Waals surface area contributed by atoms with E-state index in [-0.39, 0.29) is 40.1 Å². The summed E-state index contributed by atoms with van der Waals surface area (Å²) in [6.45, 7) is 0. The third kappa shape index (κ3) is 2.11. The van der Waals surface area contributed by atoms with E-state index in [4.69, 9.17) is 0 Å². The normalized spacial score (nSPS) is 8.36. The van der Waals surface area contributed by atoms with Crippen LogP contribution in [0.4, 0.5) is 0 Å². The molecule has 1 heterocycles. The molecule has 1 aromatic carbocycles. The van der Waals surface area contributed by atoms with Crippen molar-refractivity contribution in [1.82, 2.24) is 9.97 Å². The molecule has 0 aliphatic carbocycles. The number of nitrogens with one attached hydrogen (secondary N) is 1. The Morgan fingerprint density at radius 3 is 2.73 bits per heavy atom. The number of hydrogen-bond acceptors (Lipinski definition) is 1. The fraction of sp³-hybridized carbons (Fsp3) is 0. The largest absolute Gasteiger partial charge is 0.461 e. The molecule has 1 radical (unpaired) electrons. The minimum Gasteiger partial charge on any atom is -0.461 e. The van der Waals surface area contributed by atoms with E-state index in [1.807, 2.05) is 24.3 Å². The maximum atomic E-state index is 3.94. The average Bonchev–Trinajstić information content (AvgIpc) is 2.33. The van der Waals surface area contributed by atoms with E-state index in [1.54, 1.807) is 0 Å². The Hall–Kier alpha value is -0.206. The van der Waals surface area contributed by atoms with Crippen LogP contribution in [0.2, 0.25) is 0 Å². The summed E-state index contributed by atoms with van der Waals surface area (Å²) in [6, 6.07) is 7.84. The molecule has 1 aromatic heterocycles. The quantitative estimate of drug-likeness (QED) is 0.675. The van der Waals surface area contributed by atoms with Crippen molar-refractivity contribution in [1.29, 1.82) is 0 Å². The molecule has 1 N–H and O–H groups in total. The number of H-pyrrole nitrogens is 1. The van der Waals surface area contributed by atoms with Gasteiger partial charge in [-0.3, -0.25) is 0 Å². The van der Waals surface area contributed by atoms with Gasteiger partial charge in [0.25, 0.3) is 0 Å². The topological polar surface area (TPSA) is 28.7 Å². The van der Waals surface area contributed by atoms with Gasteiger partial charge in [-0.2, -0.15) is 0 Å². The molecule has 0 bridgehead atoms. The first-order valence-electron chi connectivity index (χ1n) is 2.77. The fourth-order valence-corrected chi connectivity index (χ4v) is 0.825. The van der Waals surface area contributed by atoms with Gasteiger partial charge in [0.15, 0.2) is 0 Å². The van der Waals surface area contributed by atoms with E-state index < -0.39 is 0 Å². The summed E-state index contributed by atoms with van der Waals surface area (Å²) < 4.78 is 0. The van der Waals surface area contributed by atoms with Crippen molar-refractivity contribution >= 4 is 11.0 Å². The van der Waals surface area contributed by atoms with Crippen LogP contribution >= 0.6 is 0 Å². The van der Waals surface area contributed by atoms with E-state index in [0.717, 1.165) is 11.0 Å². The van der Waals surface area contributed by atoms with Crippen molar-refractivity contribution in [3.05, 3.63) is 38.0 Å². The zero-order valence-corrected chi connectivity index (χ0v) is 9.17. The van der Waals surface area contributed by atoms with Crippen molar-refractivity contribution < 1.29 is 32.7 Å². The molecule has 0 aliphatic heterocycles. The SMILES string of the molecule is [CH3-].[Y].[c-]1nc2ccccc2[nH]1. The Morgan fingerprint density at radius 1 is 1.27 bits per heavy atom. The van der Waals surface area contributed by atoms with Crippen LogP contribution in [0.15, 0.2) is 24.3 Å². The number of aromatic nitrogens is 2. The first-order valence-corrected chi connectivity index (χ1v) is 2.77. The maximum Gasteiger partial charge on any atom is 0 e. The summed E-state index contributed by atoms with van der Waals surface area (Å²) in [6.07, 6.45) is 2.66. The Labute approximate surface area is 91.3 Å². The van der Waals surface area contributed by atoms with Crippen LogP contribution in [-0.4, -0.2) is 9.97 Å². The first kappa shape index (κ1) is 10.8. The predicted octanol–water partition coefficient (Wildman–Crippen LogP) is 1.81. The third-order valence-electron chi connectivity index (χ3n) is 1.27. The molecule has 0 unspecified atom stereocenters. The van der Waals surface area contributed by atoms with Crippen LogP contribution in [0.1, 0.15) is 0 Å². The Balaban J connectivity index is 0.000000500. The molecular weight excluding hydrogens is 213 g/mol. The molecule has 2 rings (SSSR count). The molecule has 2 aromatic rings. The molecule has 2 nitrogen and oxygen atoms in total. The molecule has 0 spiro atoms. The number of imidazole rings is 1. The number of nitrogens with zero attached hydrogens (tertiary/aromatic N) is 1. The van der Waals surface area contributed by atoms with Gasteiger partial charge in [-0.1, -0.05) is 23.2 Å². The van der Waals surface area contributed by atoms with Crippen LogP contribution in [0, 0.1) is 13.8 Å². The summed E-state index contributed by atoms with van der Waals surface area (Å²) in [5.74, 6) is 0. The molecular formula is C8H8N2Y-2. The standard InChI is InChI=1S/C7H5N2.CH3.Y/c1-2-4-7-6(3-1)8-5-9-7;;/h1-4H,(H,8,9);1H3;/q2*-1;. The smallest absolute Gasteiger partial charge is 0 e. The first-order chi connectivity index (χ1) is 4.47. The fourth-order valence-electron chi connectivity index (χ4n) is 0.825. The van der Waals surface area contributed by atoms with Crippen molar-refractivity contribution in [3.63, 3.8) is 0 Å². The molecule has 3 heteroatoms. The number of rotatable bonds is 0. The van der Waals surface area contributed by atoms with E-state index in [9.17, 15) is 0 Å². The second kappa shape index (κ2) is 4.63. The van der Waals surface area contributed by atoms with Crippen LogP contribution in [-0.2, 0) is 32.7 Å². The number of fused-ring (bicyclic) bond motifs is 1. The van der Waals surface area contributed by atoms with E-state index in [2.05, 4.69) is 16.3 Å². The third-order valence-corrected chi connectivity index (χ3v) is 1.27. The Bertz CT molecular complexity index is 286. The minimum atomic E-state index is 0. The van der Waals surface area contributed by atoms with Gasteiger partial charge in [-0.15, -0.1) is 12.1 Å². The van der Waals surface area contributed by atoms with Gasteiger partial charge >= 0.3 is 0 Å². The predicted molar refractivity (Wildman–Crippen MR) is 41.3 cm³/mol. The van der Waals surface area contributed by atoms with Crippen molar-refractivity contribution in [2.45, 2.75) is 0 Å². The summed E-state index contributed by atoms with van der Waals surface area (Å²) in [7, 11) is 0. The van der Waals surface area contributed by atoms with Gasteiger partial charge in [0.2, 0.25) is 0 Å². The molecule has 0 aliphatic rings. The molecule has 0 saturated carbocycles. The van der Waals surface area contributed by atoms with Gasteiger partial charge in [-0.25, -0.2) is 0 Å². The van der Waals surface area contributed by atoms with Gasteiger partial charge in [0.05, 0.1) is 0 Å². The second-order valence-electron chi connectivity index (χ2n) is 1.87. The summed E-state index contributed by atoms with van der Waals surface area (Å²) >= 11 is 0. The van der Waals surface area contributed by atoms with Crippen LogP contribution in [0.5, 0.6) is 0 Å². The Kier molecular flexibility index (Phi) is 4.54. The Morgan fingerprint density at radius 2 is 2.00 bits per heavy atom. The molecule has 0 saturated heterocycles. The number of aromatic amines is 1. The number of benzene rings is 1. The number of hydrogen-bond donors (Lipinski definition) is 1. The van der Waals surface area contributed by atoms with Gasteiger partial charge in [0, 0.05) is 32.7 Å². The molecule has 0 amide bonds.